The number of carbonyl (C=O) groups excluding carboxylic acids is 1. The summed E-state index contributed by atoms with van der Waals surface area (Å²) in [7, 11) is 0. The summed E-state index contributed by atoms with van der Waals surface area (Å²) < 4.78 is 1.69. The maximum absolute atomic E-state index is 12.6. The molecule has 7 heteroatoms. The second-order valence-corrected chi connectivity index (χ2v) is 7.94. The fourth-order valence-electron chi connectivity index (χ4n) is 4.23. The Morgan fingerprint density at radius 2 is 2.10 bits per heavy atom. The van der Waals surface area contributed by atoms with Crippen molar-refractivity contribution in [3.63, 3.8) is 0 Å². The molecule has 0 saturated carbocycles. The van der Waals surface area contributed by atoms with Gasteiger partial charge in [-0.05, 0) is 37.8 Å². The molecule has 0 aliphatic carbocycles. The highest BCUT2D eigenvalue weighted by Crippen LogP contribution is 2.19. The van der Waals surface area contributed by atoms with Crippen molar-refractivity contribution in [1.82, 2.24) is 24.8 Å². The number of hydrogen-bond acceptors (Lipinski definition) is 5. The Labute approximate surface area is 176 Å². The molecule has 1 aliphatic rings. The number of aryl methyl sites for hydroxylation is 2. The van der Waals surface area contributed by atoms with Crippen molar-refractivity contribution >= 4 is 11.6 Å². The molecule has 0 bridgehead atoms. The number of nitriles is 1. The number of amides is 1. The zero-order valence-electron chi connectivity index (χ0n) is 17.4. The Kier molecular flexibility index (Phi) is 5.77. The normalized spacial score (nSPS) is 16.6. The van der Waals surface area contributed by atoms with Crippen LogP contribution in [0, 0.1) is 25.2 Å². The highest BCUT2D eigenvalue weighted by molar-refractivity contribution is 5.76. The summed E-state index contributed by atoms with van der Waals surface area (Å²) in [5.41, 5.74) is 5.14. The van der Waals surface area contributed by atoms with Crippen LogP contribution >= 0.6 is 0 Å². The Morgan fingerprint density at radius 3 is 2.87 bits per heavy atom. The Morgan fingerprint density at radius 1 is 1.30 bits per heavy atom. The minimum Gasteiger partial charge on any atom is -0.352 e. The Balaban J connectivity index is 1.33. The van der Waals surface area contributed by atoms with E-state index in [1.165, 1.54) is 11.8 Å². The largest absolute Gasteiger partial charge is 0.352 e. The van der Waals surface area contributed by atoms with E-state index in [-0.39, 0.29) is 11.9 Å². The number of hydrogen-bond donors (Lipinski definition) is 1. The second kappa shape index (κ2) is 8.64. The number of nitrogens with one attached hydrogen (secondary N) is 1. The van der Waals surface area contributed by atoms with Gasteiger partial charge in [0.1, 0.15) is 11.6 Å². The molecule has 1 N–H and O–H groups in total. The van der Waals surface area contributed by atoms with Gasteiger partial charge < -0.3 is 5.32 Å². The summed E-state index contributed by atoms with van der Waals surface area (Å²) in [6.45, 7) is 6.69. The van der Waals surface area contributed by atoms with Gasteiger partial charge in [0.05, 0.1) is 6.20 Å². The number of likely N-dealkylation sites (tertiary alicyclic amines) is 1. The first-order valence-electron chi connectivity index (χ1n) is 10.3. The molecule has 7 nitrogen and oxygen atoms in total. The second-order valence-electron chi connectivity index (χ2n) is 7.94. The molecule has 3 heterocycles. The number of rotatable bonds is 6. The van der Waals surface area contributed by atoms with E-state index in [4.69, 9.17) is 0 Å². The third-order valence-electron chi connectivity index (χ3n) is 5.82. The summed E-state index contributed by atoms with van der Waals surface area (Å²) in [5, 5.41) is 16.6. The average molecular weight is 403 g/mol. The van der Waals surface area contributed by atoms with Crippen molar-refractivity contribution in [3.05, 3.63) is 64.6 Å². The molecule has 2 aromatic heterocycles. The monoisotopic (exact) mass is 402 g/mol. The summed E-state index contributed by atoms with van der Waals surface area (Å²) in [4.78, 5) is 19.5. The van der Waals surface area contributed by atoms with Gasteiger partial charge in [-0.2, -0.15) is 10.4 Å². The highest BCUT2D eigenvalue weighted by atomic mass is 16.1. The summed E-state index contributed by atoms with van der Waals surface area (Å²) in [6.07, 6.45) is 3.53. The van der Waals surface area contributed by atoms with Gasteiger partial charge in [-0.25, -0.2) is 9.50 Å². The molecule has 1 saturated heterocycles. The average Bonchev–Trinajstić information content (AvgIpc) is 3.35. The van der Waals surface area contributed by atoms with E-state index in [1.807, 2.05) is 19.9 Å². The van der Waals surface area contributed by atoms with E-state index in [0.717, 1.165) is 43.0 Å². The van der Waals surface area contributed by atoms with E-state index in [0.29, 0.717) is 24.1 Å². The van der Waals surface area contributed by atoms with Gasteiger partial charge in [-0.1, -0.05) is 30.3 Å². The molecule has 1 atom stereocenters. The van der Waals surface area contributed by atoms with Crippen LogP contribution in [0.2, 0.25) is 0 Å². The van der Waals surface area contributed by atoms with Gasteiger partial charge in [0, 0.05) is 43.5 Å². The first-order chi connectivity index (χ1) is 14.5. The molecule has 1 aromatic carbocycles. The fraction of sp³-hybridized carbons (Fsp3) is 0.391. The zero-order valence-corrected chi connectivity index (χ0v) is 17.4. The van der Waals surface area contributed by atoms with E-state index in [1.54, 1.807) is 4.52 Å². The summed E-state index contributed by atoms with van der Waals surface area (Å²) >= 11 is 0. The van der Waals surface area contributed by atoms with Crippen molar-refractivity contribution in [3.8, 4) is 6.07 Å². The lowest BCUT2D eigenvalue weighted by atomic mass is 10.1. The van der Waals surface area contributed by atoms with E-state index < -0.39 is 0 Å². The number of carbonyl (C=O) groups is 1. The summed E-state index contributed by atoms with van der Waals surface area (Å²) in [6, 6.07) is 12.8. The van der Waals surface area contributed by atoms with Gasteiger partial charge in [0.15, 0.2) is 5.65 Å². The van der Waals surface area contributed by atoms with E-state index in [2.05, 4.69) is 50.6 Å². The van der Waals surface area contributed by atoms with Crippen molar-refractivity contribution in [1.29, 1.82) is 5.26 Å². The smallest absolute Gasteiger partial charge is 0.220 e. The van der Waals surface area contributed by atoms with Crippen LogP contribution in [0.25, 0.3) is 5.65 Å². The lowest BCUT2D eigenvalue weighted by Gasteiger charge is -2.17. The van der Waals surface area contributed by atoms with E-state index >= 15 is 0 Å². The van der Waals surface area contributed by atoms with Gasteiger partial charge in [-0.3, -0.25) is 9.69 Å². The minimum absolute atomic E-state index is 0.0682. The predicted octanol–water partition coefficient (Wildman–Crippen LogP) is 2.54. The van der Waals surface area contributed by atoms with Crippen LogP contribution < -0.4 is 5.32 Å². The van der Waals surface area contributed by atoms with Crippen LogP contribution in [0.4, 0.5) is 0 Å². The van der Waals surface area contributed by atoms with Gasteiger partial charge >= 0.3 is 0 Å². The standard InChI is InChI=1S/C23H26N6O/c1-16-21(17(2)29-23(26-16)19(12-24)13-25-29)8-9-22(30)27-20-10-11-28(15-20)14-18-6-4-3-5-7-18/h3-7,13,20H,8-11,14-15H2,1-2H3,(H,27,30). The quantitative estimate of drug-likeness (QED) is 0.685. The van der Waals surface area contributed by atoms with Crippen molar-refractivity contribution in [2.24, 2.45) is 0 Å². The third kappa shape index (κ3) is 4.19. The molecule has 0 spiro atoms. The van der Waals surface area contributed by atoms with Crippen molar-refractivity contribution in [2.75, 3.05) is 13.1 Å². The lowest BCUT2D eigenvalue weighted by molar-refractivity contribution is -0.121. The number of benzene rings is 1. The summed E-state index contributed by atoms with van der Waals surface area (Å²) in [5.74, 6) is 0.0682. The van der Waals surface area contributed by atoms with Crippen LogP contribution in [0.15, 0.2) is 36.5 Å². The minimum atomic E-state index is 0.0682. The predicted molar refractivity (Wildman–Crippen MR) is 114 cm³/mol. The molecule has 4 rings (SSSR count). The van der Waals surface area contributed by atoms with Gasteiger partial charge in [0.2, 0.25) is 5.91 Å². The topological polar surface area (TPSA) is 86.3 Å². The molecule has 1 amide bonds. The number of nitrogens with zero attached hydrogens (tertiary/aromatic N) is 5. The number of aromatic nitrogens is 3. The maximum Gasteiger partial charge on any atom is 0.220 e. The van der Waals surface area contributed by atoms with Crippen molar-refractivity contribution < 1.29 is 4.79 Å². The molecule has 154 valence electrons. The molecule has 1 unspecified atom stereocenters. The van der Waals surface area contributed by atoms with Crippen LogP contribution in [0.1, 0.15) is 40.9 Å². The molecule has 3 aromatic rings. The number of fused-ring (bicyclic) bond motifs is 1. The van der Waals surface area contributed by atoms with Gasteiger partial charge in [0.25, 0.3) is 0 Å². The Bertz CT molecular complexity index is 1100. The molecular formula is C23H26N6O. The van der Waals surface area contributed by atoms with Gasteiger partial charge in [-0.15, -0.1) is 0 Å². The van der Waals surface area contributed by atoms with E-state index in [9.17, 15) is 10.1 Å². The van der Waals surface area contributed by atoms with Crippen LogP contribution in [-0.4, -0.2) is 44.5 Å². The molecule has 30 heavy (non-hydrogen) atoms. The zero-order chi connectivity index (χ0) is 21.1. The van der Waals surface area contributed by atoms with Crippen molar-refractivity contribution in [2.45, 2.75) is 45.7 Å². The first-order valence-corrected chi connectivity index (χ1v) is 10.3. The molecule has 1 fully saturated rings. The fourth-order valence-corrected chi connectivity index (χ4v) is 4.23. The first kappa shape index (κ1) is 20.0. The van der Waals surface area contributed by atoms with Crippen LogP contribution in [0.5, 0.6) is 0 Å². The molecule has 0 radical (unpaired) electrons. The SMILES string of the molecule is Cc1nc2c(C#N)cnn2c(C)c1CCC(=O)NC1CCN(Cc2ccccc2)C1. The molecule has 1 aliphatic heterocycles. The van der Waals surface area contributed by atoms with Crippen LogP contribution in [0.3, 0.4) is 0 Å². The Hall–Kier alpha value is -3.24. The van der Waals surface area contributed by atoms with Crippen LogP contribution in [-0.2, 0) is 17.8 Å². The lowest BCUT2D eigenvalue weighted by Crippen LogP contribution is -2.37. The molecular weight excluding hydrogens is 376 g/mol. The highest BCUT2D eigenvalue weighted by Gasteiger charge is 2.24. The third-order valence-corrected chi connectivity index (χ3v) is 5.82. The maximum atomic E-state index is 12.6.